The SMILES string of the molecule is CCCCCCCc1ccc(-c2ccc(-c3ncc(OCCCCCCC4CCCC4)cn3)cc2)cc1. The maximum absolute atomic E-state index is 5.88. The first-order valence-corrected chi connectivity index (χ1v) is 15.0. The molecule has 1 aliphatic carbocycles. The lowest BCUT2D eigenvalue weighted by molar-refractivity contribution is 0.301. The lowest BCUT2D eigenvalue weighted by atomic mass is 9.99. The smallest absolute Gasteiger partial charge is 0.159 e. The molecule has 2 aromatic carbocycles. The van der Waals surface area contributed by atoms with Gasteiger partial charge in [-0.15, -0.1) is 0 Å². The normalized spacial score (nSPS) is 13.8. The molecule has 0 bridgehead atoms. The molecular weight excluding hydrogens is 452 g/mol. The summed E-state index contributed by atoms with van der Waals surface area (Å²) >= 11 is 0. The number of nitrogens with zero attached hydrogens (tertiary/aromatic N) is 2. The van der Waals surface area contributed by atoms with Gasteiger partial charge in [0.25, 0.3) is 0 Å². The van der Waals surface area contributed by atoms with Crippen LogP contribution in [0.3, 0.4) is 0 Å². The van der Waals surface area contributed by atoms with Gasteiger partial charge in [0.2, 0.25) is 0 Å². The van der Waals surface area contributed by atoms with Crippen molar-refractivity contribution in [2.24, 2.45) is 5.92 Å². The van der Waals surface area contributed by atoms with E-state index in [0.717, 1.165) is 36.1 Å². The Balaban J connectivity index is 1.17. The molecule has 1 aliphatic rings. The molecule has 0 unspecified atom stereocenters. The summed E-state index contributed by atoms with van der Waals surface area (Å²) in [5.74, 6) is 2.52. The number of hydrogen-bond acceptors (Lipinski definition) is 3. The molecular formula is C34H46N2O. The molecule has 198 valence electrons. The zero-order valence-electron chi connectivity index (χ0n) is 23.0. The first-order chi connectivity index (χ1) is 18.3. The van der Waals surface area contributed by atoms with Crippen molar-refractivity contribution in [2.75, 3.05) is 6.61 Å². The van der Waals surface area contributed by atoms with Crippen LogP contribution in [-0.4, -0.2) is 16.6 Å². The van der Waals surface area contributed by atoms with E-state index in [1.165, 1.54) is 107 Å². The van der Waals surface area contributed by atoms with Gasteiger partial charge in [-0.05, 0) is 41.9 Å². The molecule has 0 saturated heterocycles. The third-order valence-electron chi connectivity index (χ3n) is 7.88. The van der Waals surface area contributed by atoms with Gasteiger partial charge in [-0.3, -0.25) is 0 Å². The molecule has 1 saturated carbocycles. The Hall–Kier alpha value is -2.68. The van der Waals surface area contributed by atoms with E-state index in [1.54, 1.807) is 12.4 Å². The highest BCUT2D eigenvalue weighted by Gasteiger charge is 2.13. The average molecular weight is 499 g/mol. The molecule has 4 rings (SSSR count). The Morgan fingerprint density at radius 1 is 0.676 bits per heavy atom. The van der Waals surface area contributed by atoms with E-state index in [-0.39, 0.29) is 0 Å². The Morgan fingerprint density at radius 3 is 1.97 bits per heavy atom. The molecule has 1 fully saturated rings. The van der Waals surface area contributed by atoms with Crippen molar-refractivity contribution in [3.63, 3.8) is 0 Å². The van der Waals surface area contributed by atoms with Gasteiger partial charge < -0.3 is 4.74 Å². The van der Waals surface area contributed by atoms with Crippen LogP contribution in [0, 0.1) is 5.92 Å². The van der Waals surface area contributed by atoms with Crippen molar-refractivity contribution in [2.45, 2.75) is 103 Å². The van der Waals surface area contributed by atoms with Crippen molar-refractivity contribution in [1.29, 1.82) is 0 Å². The zero-order valence-corrected chi connectivity index (χ0v) is 23.0. The molecule has 0 amide bonds. The highest BCUT2D eigenvalue weighted by molar-refractivity contribution is 5.67. The largest absolute Gasteiger partial charge is 0.490 e. The fourth-order valence-electron chi connectivity index (χ4n) is 5.53. The van der Waals surface area contributed by atoms with Gasteiger partial charge >= 0.3 is 0 Å². The number of hydrogen-bond donors (Lipinski definition) is 0. The quantitative estimate of drug-likeness (QED) is 0.184. The third kappa shape index (κ3) is 9.29. The van der Waals surface area contributed by atoms with Crippen LogP contribution in [0.2, 0.25) is 0 Å². The number of rotatable bonds is 16. The number of benzene rings is 2. The van der Waals surface area contributed by atoms with Crippen molar-refractivity contribution < 1.29 is 4.74 Å². The molecule has 0 atom stereocenters. The van der Waals surface area contributed by atoms with E-state index in [2.05, 4.69) is 65.4 Å². The van der Waals surface area contributed by atoms with Gasteiger partial charge in [0.1, 0.15) is 0 Å². The maximum Gasteiger partial charge on any atom is 0.159 e. The number of unbranched alkanes of at least 4 members (excludes halogenated alkanes) is 7. The summed E-state index contributed by atoms with van der Waals surface area (Å²) < 4.78 is 5.88. The topological polar surface area (TPSA) is 35.0 Å². The predicted octanol–water partition coefficient (Wildman–Crippen LogP) is 9.84. The lowest BCUT2D eigenvalue weighted by Gasteiger charge is -2.09. The Morgan fingerprint density at radius 2 is 1.27 bits per heavy atom. The lowest BCUT2D eigenvalue weighted by Crippen LogP contribution is -1.99. The van der Waals surface area contributed by atoms with E-state index < -0.39 is 0 Å². The molecule has 37 heavy (non-hydrogen) atoms. The van der Waals surface area contributed by atoms with Crippen molar-refractivity contribution in [3.05, 3.63) is 66.5 Å². The molecule has 0 spiro atoms. The average Bonchev–Trinajstić information content (AvgIpc) is 3.47. The summed E-state index contributed by atoms with van der Waals surface area (Å²) in [7, 11) is 0. The second-order valence-electron chi connectivity index (χ2n) is 10.9. The molecule has 0 N–H and O–H groups in total. The van der Waals surface area contributed by atoms with Crippen molar-refractivity contribution in [3.8, 4) is 28.3 Å². The monoisotopic (exact) mass is 498 g/mol. The first kappa shape index (κ1) is 27.4. The van der Waals surface area contributed by atoms with Crippen LogP contribution in [0.5, 0.6) is 5.75 Å². The van der Waals surface area contributed by atoms with Crippen LogP contribution in [0.4, 0.5) is 0 Å². The Labute approximate surface area is 225 Å². The van der Waals surface area contributed by atoms with Crippen LogP contribution >= 0.6 is 0 Å². The molecule has 3 heteroatoms. The summed E-state index contributed by atoms with van der Waals surface area (Å²) in [5, 5.41) is 0. The number of aromatic nitrogens is 2. The summed E-state index contributed by atoms with van der Waals surface area (Å²) in [5.41, 5.74) is 4.94. The van der Waals surface area contributed by atoms with Gasteiger partial charge in [0, 0.05) is 5.56 Å². The number of aryl methyl sites for hydroxylation is 1. The van der Waals surface area contributed by atoms with E-state index in [9.17, 15) is 0 Å². The highest BCUT2D eigenvalue weighted by atomic mass is 16.5. The van der Waals surface area contributed by atoms with Crippen molar-refractivity contribution in [1.82, 2.24) is 9.97 Å². The Kier molecular flexibility index (Phi) is 11.5. The van der Waals surface area contributed by atoms with Crippen LogP contribution < -0.4 is 4.74 Å². The molecule has 3 aromatic rings. The summed E-state index contributed by atoms with van der Waals surface area (Å²) in [6, 6.07) is 17.6. The predicted molar refractivity (Wildman–Crippen MR) is 156 cm³/mol. The van der Waals surface area contributed by atoms with E-state index in [4.69, 9.17) is 4.74 Å². The molecule has 1 heterocycles. The summed E-state index contributed by atoms with van der Waals surface area (Å²) in [4.78, 5) is 9.09. The molecule has 0 aliphatic heterocycles. The minimum atomic E-state index is 0.740. The Bertz CT molecular complexity index is 1010. The highest BCUT2D eigenvalue weighted by Crippen LogP contribution is 2.29. The molecule has 3 nitrogen and oxygen atoms in total. The van der Waals surface area contributed by atoms with Crippen LogP contribution in [0.1, 0.15) is 102 Å². The second-order valence-corrected chi connectivity index (χ2v) is 10.9. The standard InChI is InChI=1S/C34H46N2O/c1-2-3-4-5-8-14-29-17-19-30(20-18-29)31-21-23-32(24-22-31)34-35-26-33(27-36-34)37-25-12-7-6-9-13-28-15-10-11-16-28/h17-24,26-28H,2-16,25H2,1H3. The van der Waals surface area contributed by atoms with E-state index in [1.807, 2.05) is 0 Å². The fraction of sp³-hybridized carbons (Fsp3) is 0.529. The van der Waals surface area contributed by atoms with Gasteiger partial charge in [0.05, 0.1) is 19.0 Å². The zero-order chi connectivity index (χ0) is 25.5. The van der Waals surface area contributed by atoms with Gasteiger partial charge in [0.15, 0.2) is 11.6 Å². The van der Waals surface area contributed by atoms with Gasteiger partial charge in [-0.25, -0.2) is 9.97 Å². The van der Waals surface area contributed by atoms with Gasteiger partial charge in [-0.2, -0.15) is 0 Å². The number of ether oxygens (including phenoxy) is 1. The summed E-state index contributed by atoms with van der Waals surface area (Å²) in [6.45, 7) is 3.02. The van der Waals surface area contributed by atoms with E-state index >= 15 is 0 Å². The molecule has 1 aromatic heterocycles. The van der Waals surface area contributed by atoms with Crippen LogP contribution in [0.25, 0.3) is 22.5 Å². The van der Waals surface area contributed by atoms with E-state index in [0.29, 0.717) is 0 Å². The minimum absolute atomic E-state index is 0.740. The van der Waals surface area contributed by atoms with Crippen molar-refractivity contribution >= 4 is 0 Å². The fourth-order valence-corrected chi connectivity index (χ4v) is 5.53. The van der Waals surface area contributed by atoms with Crippen LogP contribution in [0.15, 0.2) is 60.9 Å². The second kappa shape index (κ2) is 15.5. The third-order valence-corrected chi connectivity index (χ3v) is 7.88. The van der Waals surface area contributed by atoms with Gasteiger partial charge in [-0.1, -0.05) is 133 Å². The molecule has 0 radical (unpaired) electrons. The summed E-state index contributed by atoms with van der Waals surface area (Å²) in [6.07, 6.45) is 23.8. The first-order valence-electron chi connectivity index (χ1n) is 15.0. The minimum Gasteiger partial charge on any atom is -0.490 e. The maximum atomic E-state index is 5.88. The van der Waals surface area contributed by atoms with Crippen LogP contribution in [-0.2, 0) is 6.42 Å².